The molecular weight excluding hydrogens is 246 g/mol. The lowest BCUT2D eigenvalue weighted by Crippen LogP contribution is -2.36. The van der Waals surface area contributed by atoms with Crippen LogP contribution in [0.1, 0.15) is 34.6 Å². The van der Waals surface area contributed by atoms with Gasteiger partial charge >= 0.3 is 0 Å². The molecule has 104 valence electrons. The van der Waals surface area contributed by atoms with Crippen LogP contribution in [-0.2, 0) is 16.6 Å². The first-order valence-corrected chi connectivity index (χ1v) is 6.45. The standard InChI is InChI=1S/C13H19N3O3/c1-8-11(9(2)16(3)15-8)12(17)13(18)14-7-10-5-4-6-19-10/h10H,4-7H2,1-3H3,(H,14,18)/t10-/m1/s1. The fourth-order valence-corrected chi connectivity index (χ4v) is 2.31. The number of hydrogen-bond donors (Lipinski definition) is 1. The van der Waals surface area contributed by atoms with Gasteiger partial charge < -0.3 is 10.1 Å². The molecule has 0 radical (unpaired) electrons. The SMILES string of the molecule is Cc1nn(C)c(C)c1C(=O)C(=O)NC[C@H]1CCCO1. The van der Waals surface area contributed by atoms with Crippen LogP contribution in [0.2, 0.25) is 0 Å². The lowest BCUT2D eigenvalue weighted by Gasteiger charge is -2.10. The Kier molecular flexibility index (Phi) is 3.99. The molecule has 2 rings (SSSR count). The predicted octanol–water partition coefficient (Wildman–Crippen LogP) is 0.515. The van der Waals surface area contributed by atoms with Crippen LogP contribution in [0.5, 0.6) is 0 Å². The van der Waals surface area contributed by atoms with E-state index in [4.69, 9.17) is 4.74 Å². The molecule has 6 nitrogen and oxygen atoms in total. The lowest BCUT2D eigenvalue weighted by atomic mass is 10.1. The van der Waals surface area contributed by atoms with Crippen LogP contribution in [0.4, 0.5) is 0 Å². The molecule has 1 aromatic rings. The van der Waals surface area contributed by atoms with E-state index in [0.29, 0.717) is 23.5 Å². The Balaban J connectivity index is 2.00. The fraction of sp³-hybridized carbons (Fsp3) is 0.615. The Morgan fingerprint density at radius 3 is 2.74 bits per heavy atom. The summed E-state index contributed by atoms with van der Waals surface area (Å²) in [6.45, 7) is 4.63. The molecule has 1 aromatic heterocycles. The molecule has 1 aliphatic heterocycles. The minimum Gasteiger partial charge on any atom is -0.376 e. The van der Waals surface area contributed by atoms with Gasteiger partial charge in [-0.3, -0.25) is 14.3 Å². The van der Waals surface area contributed by atoms with E-state index in [1.807, 2.05) is 0 Å². The summed E-state index contributed by atoms with van der Waals surface area (Å²) in [7, 11) is 1.75. The second kappa shape index (κ2) is 5.52. The molecule has 19 heavy (non-hydrogen) atoms. The van der Waals surface area contributed by atoms with Gasteiger partial charge in [0.15, 0.2) is 0 Å². The van der Waals surface area contributed by atoms with Crippen molar-refractivity contribution in [3.8, 4) is 0 Å². The van der Waals surface area contributed by atoms with Crippen molar-refractivity contribution >= 4 is 11.7 Å². The van der Waals surface area contributed by atoms with Gasteiger partial charge in [-0.05, 0) is 26.7 Å². The van der Waals surface area contributed by atoms with Crippen LogP contribution in [0.3, 0.4) is 0 Å². The topological polar surface area (TPSA) is 73.2 Å². The van der Waals surface area contributed by atoms with Crippen molar-refractivity contribution in [3.05, 3.63) is 17.0 Å². The number of aryl methyl sites for hydroxylation is 2. The summed E-state index contributed by atoms with van der Waals surface area (Å²) in [6.07, 6.45) is 1.97. The molecule has 1 fully saturated rings. The van der Waals surface area contributed by atoms with Crippen molar-refractivity contribution in [2.24, 2.45) is 7.05 Å². The molecule has 0 saturated carbocycles. The number of Topliss-reactive ketones (excluding diaryl/α,β-unsaturated/α-hetero) is 1. The highest BCUT2D eigenvalue weighted by Gasteiger charge is 2.25. The Morgan fingerprint density at radius 2 is 2.21 bits per heavy atom. The van der Waals surface area contributed by atoms with Gasteiger partial charge in [0.25, 0.3) is 11.7 Å². The Morgan fingerprint density at radius 1 is 1.47 bits per heavy atom. The molecule has 2 heterocycles. The van der Waals surface area contributed by atoms with Crippen molar-refractivity contribution < 1.29 is 14.3 Å². The van der Waals surface area contributed by atoms with Crippen LogP contribution < -0.4 is 5.32 Å². The lowest BCUT2D eigenvalue weighted by molar-refractivity contribution is -0.117. The zero-order valence-electron chi connectivity index (χ0n) is 11.5. The highest BCUT2D eigenvalue weighted by molar-refractivity contribution is 6.43. The summed E-state index contributed by atoms with van der Waals surface area (Å²) in [5, 5.41) is 6.78. The predicted molar refractivity (Wildman–Crippen MR) is 69.0 cm³/mol. The largest absolute Gasteiger partial charge is 0.376 e. The van der Waals surface area contributed by atoms with E-state index in [1.165, 1.54) is 0 Å². The summed E-state index contributed by atoms with van der Waals surface area (Å²) in [6, 6.07) is 0. The van der Waals surface area contributed by atoms with Crippen LogP contribution in [0.15, 0.2) is 0 Å². The van der Waals surface area contributed by atoms with Crippen molar-refractivity contribution in [3.63, 3.8) is 0 Å². The number of nitrogens with one attached hydrogen (secondary N) is 1. The van der Waals surface area contributed by atoms with Gasteiger partial charge in [-0.25, -0.2) is 0 Å². The van der Waals surface area contributed by atoms with Crippen molar-refractivity contribution in [2.45, 2.75) is 32.8 Å². The highest BCUT2D eigenvalue weighted by Crippen LogP contribution is 2.13. The Hall–Kier alpha value is -1.69. The zero-order valence-corrected chi connectivity index (χ0v) is 11.5. The van der Waals surface area contributed by atoms with Crippen molar-refractivity contribution in [1.29, 1.82) is 0 Å². The molecule has 1 saturated heterocycles. The highest BCUT2D eigenvalue weighted by atomic mass is 16.5. The van der Waals surface area contributed by atoms with E-state index in [-0.39, 0.29) is 6.10 Å². The van der Waals surface area contributed by atoms with Gasteiger partial charge in [0.2, 0.25) is 0 Å². The maximum absolute atomic E-state index is 12.1. The average Bonchev–Trinajstić information content (AvgIpc) is 2.96. The number of nitrogens with zero attached hydrogens (tertiary/aromatic N) is 2. The van der Waals surface area contributed by atoms with E-state index < -0.39 is 11.7 Å². The second-order valence-corrected chi connectivity index (χ2v) is 4.84. The summed E-state index contributed by atoms with van der Waals surface area (Å²) in [5.74, 6) is -1.12. The molecule has 1 N–H and O–H groups in total. The van der Waals surface area contributed by atoms with E-state index in [0.717, 1.165) is 19.4 Å². The normalized spacial score (nSPS) is 18.6. The molecular formula is C13H19N3O3. The fourth-order valence-electron chi connectivity index (χ4n) is 2.31. The smallest absolute Gasteiger partial charge is 0.292 e. The van der Waals surface area contributed by atoms with E-state index in [2.05, 4.69) is 10.4 Å². The van der Waals surface area contributed by atoms with Crippen LogP contribution in [-0.4, -0.2) is 40.7 Å². The Labute approximate surface area is 112 Å². The first-order valence-electron chi connectivity index (χ1n) is 6.45. The number of aromatic nitrogens is 2. The van der Waals surface area contributed by atoms with E-state index in [1.54, 1.807) is 25.6 Å². The maximum atomic E-state index is 12.1. The first kappa shape index (κ1) is 13.7. The molecule has 6 heteroatoms. The first-order chi connectivity index (χ1) is 9.00. The zero-order chi connectivity index (χ0) is 14.0. The number of amides is 1. The Bertz CT molecular complexity index is 501. The summed E-state index contributed by atoms with van der Waals surface area (Å²) in [4.78, 5) is 24.0. The molecule has 0 aliphatic carbocycles. The third kappa shape index (κ3) is 2.84. The third-order valence-corrected chi connectivity index (χ3v) is 3.46. The minimum atomic E-state index is -0.588. The maximum Gasteiger partial charge on any atom is 0.292 e. The minimum absolute atomic E-state index is 0.0350. The molecule has 0 spiro atoms. The van der Waals surface area contributed by atoms with E-state index >= 15 is 0 Å². The average molecular weight is 265 g/mol. The third-order valence-electron chi connectivity index (χ3n) is 3.46. The van der Waals surface area contributed by atoms with Gasteiger partial charge in [-0.15, -0.1) is 0 Å². The summed E-state index contributed by atoms with van der Waals surface area (Å²) < 4.78 is 7.00. The van der Waals surface area contributed by atoms with Crippen LogP contribution in [0.25, 0.3) is 0 Å². The van der Waals surface area contributed by atoms with Crippen LogP contribution >= 0.6 is 0 Å². The molecule has 1 amide bonds. The monoisotopic (exact) mass is 265 g/mol. The number of hydrogen-bond acceptors (Lipinski definition) is 4. The van der Waals surface area contributed by atoms with Gasteiger partial charge in [0.1, 0.15) is 0 Å². The molecule has 0 unspecified atom stereocenters. The quantitative estimate of drug-likeness (QED) is 0.636. The van der Waals surface area contributed by atoms with E-state index in [9.17, 15) is 9.59 Å². The van der Waals surface area contributed by atoms with Crippen molar-refractivity contribution in [1.82, 2.24) is 15.1 Å². The number of ketones is 1. The summed E-state index contributed by atoms with van der Waals surface area (Å²) >= 11 is 0. The van der Waals surface area contributed by atoms with Gasteiger partial charge in [0, 0.05) is 25.9 Å². The molecule has 0 bridgehead atoms. The number of ether oxygens (including phenoxy) is 1. The number of rotatable bonds is 4. The number of carbonyl (C=O) groups excluding carboxylic acids is 2. The van der Waals surface area contributed by atoms with Gasteiger partial charge in [-0.1, -0.05) is 0 Å². The van der Waals surface area contributed by atoms with Gasteiger partial charge in [-0.2, -0.15) is 5.10 Å². The van der Waals surface area contributed by atoms with Crippen LogP contribution in [0, 0.1) is 13.8 Å². The van der Waals surface area contributed by atoms with Gasteiger partial charge in [0.05, 0.1) is 17.4 Å². The number of carbonyl (C=O) groups is 2. The molecule has 0 aromatic carbocycles. The van der Waals surface area contributed by atoms with Crippen molar-refractivity contribution in [2.75, 3.05) is 13.2 Å². The molecule has 1 atom stereocenters. The second-order valence-electron chi connectivity index (χ2n) is 4.84. The molecule has 1 aliphatic rings. The summed E-state index contributed by atoms with van der Waals surface area (Å²) in [5.41, 5.74) is 1.68.